The van der Waals surface area contributed by atoms with Crippen LogP contribution in [0.3, 0.4) is 0 Å². The molecular weight excluding hydrogens is 326 g/mol. The quantitative estimate of drug-likeness (QED) is 0.362. The number of unbranched alkanes of at least 4 members (excludes halogenated alkanes) is 2. The highest BCUT2D eigenvalue weighted by Crippen LogP contribution is 2.16. The number of nitrogens with one attached hydrogen (secondary N) is 1. The third-order valence-corrected chi connectivity index (χ3v) is 5.37. The van der Waals surface area contributed by atoms with Gasteiger partial charge in [0.2, 0.25) is 0 Å². The van der Waals surface area contributed by atoms with Gasteiger partial charge >= 0.3 is 0 Å². The summed E-state index contributed by atoms with van der Waals surface area (Å²) in [4.78, 5) is 0. The fourth-order valence-electron chi connectivity index (χ4n) is 3.58. The summed E-state index contributed by atoms with van der Waals surface area (Å²) in [5.74, 6) is 0. The molecule has 0 spiro atoms. The van der Waals surface area contributed by atoms with Crippen molar-refractivity contribution in [2.75, 3.05) is 11.9 Å². The fraction of sp³-hybridized carbons (Fsp3) is 0.538. The average Bonchev–Trinajstić information content (AvgIpc) is 2.61. The first kappa shape index (κ1) is 23.3. The van der Waals surface area contributed by atoms with Gasteiger partial charge in [-0.25, -0.2) is 0 Å². The Hall–Kier alpha value is -1.76. The van der Waals surface area contributed by atoms with Gasteiger partial charge in [0.1, 0.15) is 0 Å². The maximum atomic E-state index is 4.46. The first-order valence-corrected chi connectivity index (χ1v) is 10.7. The molecule has 0 radical (unpaired) electrons. The Labute approximate surface area is 168 Å². The summed E-state index contributed by atoms with van der Waals surface area (Å²) in [7, 11) is 0. The van der Waals surface area contributed by atoms with Crippen molar-refractivity contribution in [1.29, 1.82) is 0 Å². The number of benzene rings is 1. The van der Waals surface area contributed by atoms with Crippen molar-refractivity contribution in [2.24, 2.45) is 0 Å². The van der Waals surface area contributed by atoms with Gasteiger partial charge in [-0.15, -0.1) is 0 Å². The van der Waals surface area contributed by atoms with Gasteiger partial charge in [-0.2, -0.15) is 0 Å². The molecular formula is C26H41N. The third-order valence-electron chi connectivity index (χ3n) is 5.37. The molecule has 1 aromatic carbocycles. The second kappa shape index (κ2) is 11.8. The van der Waals surface area contributed by atoms with Crippen molar-refractivity contribution in [3.8, 4) is 0 Å². The van der Waals surface area contributed by atoms with Crippen LogP contribution in [-0.4, -0.2) is 6.54 Å². The van der Waals surface area contributed by atoms with Crippen LogP contribution in [0.5, 0.6) is 0 Å². The first-order valence-electron chi connectivity index (χ1n) is 10.7. The molecule has 0 bridgehead atoms. The highest BCUT2D eigenvalue weighted by molar-refractivity contribution is 5.59. The van der Waals surface area contributed by atoms with Crippen LogP contribution in [0.1, 0.15) is 83.4 Å². The van der Waals surface area contributed by atoms with E-state index in [1.54, 1.807) is 0 Å². The predicted octanol–water partition coefficient (Wildman–Crippen LogP) is 6.22. The maximum absolute atomic E-state index is 4.46. The second-order valence-corrected chi connectivity index (χ2v) is 7.98. The Kier molecular flexibility index (Phi) is 10.2. The summed E-state index contributed by atoms with van der Waals surface area (Å²) in [6.45, 7) is 23.0. The van der Waals surface area contributed by atoms with E-state index in [0.717, 1.165) is 32.2 Å². The molecule has 27 heavy (non-hydrogen) atoms. The zero-order valence-corrected chi connectivity index (χ0v) is 18.7. The topological polar surface area (TPSA) is 12.0 Å². The molecule has 0 aliphatic rings. The Morgan fingerprint density at radius 2 is 1.67 bits per heavy atom. The van der Waals surface area contributed by atoms with Gasteiger partial charge in [0.15, 0.2) is 0 Å². The fourth-order valence-corrected chi connectivity index (χ4v) is 3.58. The number of anilines is 1. The summed E-state index contributed by atoms with van der Waals surface area (Å²) < 4.78 is 0. The number of hydrogen-bond donors (Lipinski definition) is 1. The molecule has 0 unspecified atom stereocenters. The largest absolute Gasteiger partial charge is 0.385 e. The molecule has 1 nitrogen and oxygen atoms in total. The lowest BCUT2D eigenvalue weighted by Crippen LogP contribution is -2.27. The number of allylic oxidation sites excluding steroid dienone is 4. The van der Waals surface area contributed by atoms with Gasteiger partial charge in [-0.3, -0.25) is 0 Å². The van der Waals surface area contributed by atoms with Gasteiger partial charge < -0.3 is 5.32 Å². The Bertz CT molecular complexity index is 761. The molecule has 0 saturated heterocycles. The molecule has 0 heterocycles. The van der Waals surface area contributed by atoms with E-state index in [0.29, 0.717) is 0 Å². The van der Waals surface area contributed by atoms with Crippen LogP contribution < -0.4 is 15.8 Å². The maximum Gasteiger partial charge on any atom is 0.0449 e. The van der Waals surface area contributed by atoms with Crippen molar-refractivity contribution < 1.29 is 0 Å². The first-order chi connectivity index (χ1) is 12.8. The zero-order valence-electron chi connectivity index (χ0n) is 18.7. The molecule has 0 saturated carbocycles. The minimum Gasteiger partial charge on any atom is -0.385 e. The standard InChI is InChI=1S/C26H41N/c1-9-11-12-16-25-22(7)21(6)24(23(8)26(25)27-10-2)18-17-20(5)15-13-14-19(3)4/h14,17,27H,7-13,15-16,18H2,1-6H3/b20-17+. The van der Waals surface area contributed by atoms with Gasteiger partial charge in [0, 0.05) is 12.2 Å². The minimum absolute atomic E-state index is 0.919. The minimum atomic E-state index is 0.919. The van der Waals surface area contributed by atoms with Crippen LogP contribution in [0.4, 0.5) is 5.69 Å². The van der Waals surface area contributed by atoms with Gasteiger partial charge in [-0.05, 0) is 93.9 Å². The van der Waals surface area contributed by atoms with Crippen LogP contribution in [0.2, 0.25) is 0 Å². The van der Waals surface area contributed by atoms with E-state index in [9.17, 15) is 0 Å². The lowest BCUT2D eigenvalue weighted by Gasteiger charge is -2.18. The smallest absolute Gasteiger partial charge is 0.0449 e. The molecule has 0 amide bonds. The predicted molar refractivity (Wildman–Crippen MR) is 125 cm³/mol. The van der Waals surface area contributed by atoms with Crippen molar-refractivity contribution in [3.63, 3.8) is 0 Å². The molecule has 1 rings (SSSR count). The average molecular weight is 368 g/mol. The molecule has 1 aromatic rings. The van der Waals surface area contributed by atoms with Crippen molar-refractivity contribution >= 4 is 18.8 Å². The normalized spacial score (nSPS) is 11.6. The van der Waals surface area contributed by atoms with Crippen LogP contribution >= 0.6 is 0 Å². The molecule has 150 valence electrons. The molecule has 1 N–H and O–H groups in total. The van der Waals surface area contributed by atoms with Crippen molar-refractivity contribution in [2.45, 2.75) is 86.5 Å². The summed E-state index contributed by atoms with van der Waals surface area (Å²) in [5.41, 5.74) is 8.12. The van der Waals surface area contributed by atoms with E-state index in [-0.39, 0.29) is 0 Å². The second-order valence-electron chi connectivity index (χ2n) is 7.98. The molecule has 0 aromatic heterocycles. The van der Waals surface area contributed by atoms with E-state index < -0.39 is 0 Å². The van der Waals surface area contributed by atoms with E-state index in [4.69, 9.17) is 0 Å². The number of hydrogen-bond acceptors (Lipinski definition) is 1. The SMILES string of the molecule is C=c1c(C)c(C/C=C(\C)CCC=C(C)C)c(=C)c(NCC)c1CCCCC. The van der Waals surface area contributed by atoms with Crippen molar-refractivity contribution in [1.82, 2.24) is 0 Å². The Balaban J connectivity index is 3.15. The van der Waals surface area contributed by atoms with E-state index >= 15 is 0 Å². The Morgan fingerprint density at radius 3 is 2.26 bits per heavy atom. The summed E-state index contributed by atoms with van der Waals surface area (Å²) >= 11 is 0. The van der Waals surface area contributed by atoms with Crippen LogP contribution in [-0.2, 0) is 12.8 Å². The highest BCUT2D eigenvalue weighted by atomic mass is 14.9. The summed E-state index contributed by atoms with van der Waals surface area (Å²) in [6, 6.07) is 0. The molecule has 0 atom stereocenters. The van der Waals surface area contributed by atoms with E-state index in [1.165, 1.54) is 63.2 Å². The van der Waals surface area contributed by atoms with Crippen LogP contribution in [0.15, 0.2) is 23.3 Å². The molecule has 1 heteroatoms. The monoisotopic (exact) mass is 367 g/mol. The van der Waals surface area contributed by atoms with Crippen LogP contribution in [0.25, 0.3) is 13.2 Å². The van der Waals surface area contributed by atoms with E-state index in [1.807, 2.05) is 0 Å². The third kappa shape index (κ3) is 7.05. The van der Waals surface area contributed by atoms with Crippen molar-refractivity contribution in [3.05, 3.63) is 50.4 Å². The van der Waals surface area contributed by atoms with Gasteiger partial charge in [-0.1, -0.05) is 56.2 Å². The molecule has 0 aliphatic carbocycles. The number of rotatable bonds is 11. The summed E-state index contributed by atoms with van der Waals surface area (Å²) in [5, 5.41) is 5.96. The Morgan fingerprint density at radius 1 is 0.963 bits per heavy atom. The summed E-state index contributed by atoms with van der Waals surface area (Å²) in [6.07, 6.45) is 12.7. The highest BCUT2D eigenvalue weighted by Gasteiger charge is 2.12. The molecule has 0 fully saturated rings. The lowest BCUT2D eigenvalue weighted by atomic mass is 9.92. The van der Waals surface area contributed by atoms with Gasteiger partial charge in [0.05, 0.1) is 0 Å². The molecule has 0 aliphatic heterocycles. The van der Waals surface area contributed by atoms with E-state index in [2.05, 4.69) is 72.2 Å². The van der Waals surface area contributed by atoms with Gasteiger partial charge in [0.25, 0.3) is 0 Å². The van der Waals surface area contributed by atoms with Crippen LogP contribution in [0, 0.1) is 6.92 Å². The lowest BCUT2D eigenvalue weighted by molar-refractivity contribution is 0.715. The zero-order chi connectivity index (χ0) is 20.4.